The van der Waals surface area contributed by atoms with Gasteiger partial charge in [0.2, 0.25) is 0 Å². The Kier molecular flexibility index (Phi) is 2.22. The van der Waals surface area contributed by atoms with Gasteiger partial charge >= 0.3 is 5.97 Å². The second-order valence-corrected chi connectivity index (χ2v) is 3.18. The SMILES string of the molecule is O=C(O)c1cn(C2COCC2O)cn1. The van der Waals surface area contributed by atoms with Crippen molar-refractivity contribution in [1.82, 2.24) is 9.55 Å². The van der Waals surface area contributed by atoms with Crippen molar-refractivity contribution in [2.24, 2.45) is 0 Å². The van der Waals surface area contributed by atoms with Crippen LogP contribution in [0.25, 0.3) is 0 Å². The molecule has 1 aromatic heterocycles. The van der Waals surface area contributed by atoms with E-state index in [2.05, 4.69) is 4.98 Å². The van der Waals surface area contributed by atoms with Crippen molar-refractivity contribution >= 4 is 5.97 Å². The number of aliphatic hydroxyl groups excluding tert-OH is 1. The van der Waals surface area contributed by atoms with E-state index in [-0.39, 0.29) is 18.3 Å². The van der Waals surface area contributed by atoms with Crippen LogP contribution in [-0.2, 0) is 4.74 Å². The highest BCUT2D eigenvalue weighted by molar-refractivity contribution is 5.84. The molecule has 76 valence electrons. The van der Waals surface area contributed by atoms with Crippen LogP contribution in [0.3, 0.4) is 0 Å². The summed E-state index contributed by atoms with van der Waals surface area (Å²) in [5.74, 6) is -1.07. The van der Waals surface area contributed by atoms with E-state index in [0.717, 1.165) is 0 Å². The molecule has 2 atom stereocenters. The molecule has 1 aliphatic heterocycles. The molecule has 0 saturated carbocycles. The van der Waals surface area contributed by atoms with Crippen LogP contribution in [0.2, 0.25) is 0 Å². The molecule has 6 heteroatoms. The number of aromatic nitrogens is 2. The smallest absolute Gasteiger partial charge is 0.356 e. The number of rotatable bonds is 2. The van der Waals surface area contributed by atoms with E-state index in [0.29, 0.717) is 6.61 Å². The Hall–Kier alpha value is -1.40. The fourth-order valence-corrected chi connectivity index (χ4v) is 1.44. The largest absolute Gasteiger partial charge is 0.476 e. The number of carboxylic acids is 1. The molecule has 0 amide bonds. The minimum atomic E-state index is -1.07. The third kappa shape index (κ3) is 1.49. The van der Waals surface area contributed by atoms with Crippen molar-refractivity contribution in [2.45, 2.75) is 12.1 Å². The van der Waals surface area contributed by atoms with Crippen LogP contribution in [-0.4, -0.2) is 45.1 Å². The lowest BCUT2D eigenvalue weighted by molar-refractivity contribution is 0.0690. The van der Waals surface area contributed by atoms with E-state index < -0.39 is 12.1 Å². The number of aliphatic hydroxyl groups is 1. The van der Waals surface area contributed by atoms with Gasteiger partial charge in [0.05, 0.1) is 25.6 Å². The summed E-state index contributed by atoms with van der Waals surface area (Å²) in [6.45, 7) is 0.668. The molecule has 2 rings (SSSR count). The zero-order chi connectivity index (χ0) is 10.1. The Morgan fingerprint density at radius 3 is 2.93 bits per heavy atom. The summed E-state index contributed by atoms with van der Waals surface area (Å²) in [7, 11) is 0. The first-order chi connectivity index (χ1) is 6.68. The standard InChI is InChI=1S/C8H10N2O4/c11-7-3-14-2-6(7)10-1-5(8(12)13)9-4-10/h1,4,6-7,11H,2-3H2,(H,12,13). The lowest BCUT2D eigenvalue weighted by Gasteiger charge is -2.12. The lowest BCUT2D eigenvalue weighted by atomic mass is 10.2. The first-order valence-electron chi connectivity index (χ1n) is 4.21. The molecule has 1 fully saturated rings. The molecule has 6 nitrogen and oxygen atoms in total. The maximum absolute atomic E-state index is 10.5. The Balaban J connectivity index is 2.20. The first kappa shape index (κ1) is 9.17. The molecule has 1 aromatic rings. The molecular formula is C8H10N2O4. The molecule has 14 heavy (non-hydrogen) atoms. The number of imidazole rings is 1. The quantitative estimate of drug-likeness (QED) is 0.670. The third-order valence-electron chi connectivity index (χ3n) is 2.22. The fourth-order valence-electron chi connectivity index (χ4n) is 1.44. The maximum Gasteiger partial charge on any atom is 0.356 e. The Bertz CT molecular complexity index is 349. The molecule has 1 aliphatic rings. The van der Waals surface area contributed by atoms with Crippen LogP contribution in [0.4, 0.5) is 0 Å². The van der Waals surface area contributed by atoms with Crippen LogP contribution < -0.4 is 0 Å². The van der Waals surface area contributed by atoms with Crippen molar-refractivity contribution in [3.8, 4) is 0 Å². The Morgan fingerprint density at radius 2 is 2.43 bits per heavy atom. The minimum Gasteiger partial charge on any atom is -0.476 e. The van der Waals surface area contributed by atoms with E-state index in [1.807, 2.05) is 0 Å². The van der Waals surface area contributed by atoms with Crippen molar-refractivity contribution < 1.29 is 19.7 Å². The number of carbonyl (C=O) groups is 1. The van der Waals surface area contributed by atoms with E-state index >= 15 is 0 Å². The summed E-state index contributed by atoms with van der Waals surface area (Å²) >= 11 is 0. The zero-order valence-corrected chi connectivity index (χ0v) is 7.33. The van der Waals surface area contributed by atoms with Crippen LogP contribution >= 0.6 is 0 Å². The van der Waals surface area contributed by atoms with Crippen LogP contribution in [0.1, 0.15) is 16.5 Å². The van der Waals surface area contributed by atoms with Crippen LogP contribution in [0, 0.1) is 0 Å². The maximum atomic E-state index is 10.5. The number of hydrogen-bond acceptors (Lipinski definition) is 4. The van der Waals surface area contributed by atoms with Gasteiger partial charge in [0.15, 0.2) is 5.69 Å². The lowest BCUT2D eigenvalue weighted by Crippen LogP contribution is -2.20. The molecule has 2 N–H and O–H groups in total. The highest BCUT2D eigenvalue weighted by Gasteiger charge is 2.28. The number of nitrogens with zero attached hydrogens (tertiary/aromatic N) is 2. The molecular weight excluding hydrogens is 188 g/mol. The van der Waals surface area contributed by atoms with Gasteiger partial charge in [0, 0.05) is 6.20 Å². The monoisotopic (exact) mass is 198 g/mol. The van der Waals surface area contributed by atoms with Crippen LogP contribution in [0.5, 0.6) is 0 Å². The predicted molar refractivity (Wildman–Crippen MR) is 45.0 cm³/mol. The van der Waals surface area contributed by atoms with Crippen LogP contribution in [0.15, 0.2) is 12.5 Å². The number of hydrogen-bond donors (Lipinski definition) is 2. The number of aromatic carboxylic acids is 1. The van der Waals surface area contributed by atoms with Gasteiger partial charge < -0.3 is 19.5 Å². The van der Waals surface area contributed by atoms with Gasteiger partial charge in [-0.2, -0.15) is 0 Å². The van der Waals surface area contributed by atoms with E-state index in [9.17, 15) is 9.90 Å². The molecule has 0 aliphatic carbocycles. The summed E-state index contributed by atoms with van der Waals surface area (Å²) in [5.41, 5.74) is -0.0240. The minimum absolute atomic E-state index is 0.0240. The molecule has 1 saturated heterocycles. The summed E-state index contributed by atoms with van der Waals surface area (Å²) in [6.07, 6.45) is 2.20. The second kappa shape index (κ2) is 3.39. The van der Waals surface area contributed by atoms with Gasteiger partial charge in [-0.15, -0.1) is 0 Å². The Labute approximate surface area is 79.8 Å². The van der Waals surface area contributed by atoms with Crippen molar-refractivity contribution in [3.63, 3.8) is 0 Å². The van der Waals surface area contributed by atoms with E-state index in [1.165, 1.54) is 12.5 Å². The summed E-state index contributed by atoms with van der Waals surface area (Å²) < 4.78 is 6.62. The molecule has 0 bridgehead atoms. The molecule has 0 spiro atoms. The highest BCUT2D eigenvalue weighted by atomic mass is 16.5. The average Bonchev–Trinajstić information content (AvgIpc) is 2.71. The molecule has 0 aromatic carbocycles. The number of ether oxygens (including phenoxy) is 1. The number of carboxylic acid groups (broad SMARTS) is 1. The molecule has 2 heterocycles. The van der Waals surface area contributed by atoms with E-state index in [1.54, 1.807) is 4.57 Å². The Morgan fingerprint density at radius 1 is 1.64 bits per heavy atom. The van der Waals surface area contributed by atoms with E-state index in [4.69, 9.17) is 9.84 Å². The van der Waals surface area contributed by atoms with Crippen molar-refractivity contribution in [3.05, 3.63) is 18.2 Å². The summed E-state index contributed by atoms with van der Waals surface area (Å²) in [4.78, 5) is 14.2. The topological polar surface area (TPSA) is 84.6 Å². The van der Waals surface area contributed by atoms with Gasteiger partial charge in [-0.05, 0) is 0 Å². The molecule has 2 unspecified atom stereocenters. The van der Waals surface area contributed by atoms with Gasteiger partial charge in [0.1, 0.15) is 6.10 Å². The van der Waals surface area contributed by atoms with Crippen molar-refractivity contribution in [1.29, 1.82) is 0 Å². The van der Waals surface area contributed by atoms with Gasteiger partial charge in [0.25, 0.3) is 0 Å². The summed E-state index contributed by atoms with van der Waals surface area (Å²) in [6, 6.07) is -0.226. The van der Waals surface area contributed by atoms with Gasteiger partial charge in [-0.1, -0.05) is 0 Å². The highest BCUT2D eigenvalue weighted by Crippen LogP contribution is 2.19. The normalized spacial score (nSPS) is 26.6. The molecule has 0 radical (unpaired) electrons. The average molecular weight is 198 g/mol. The first-order valence-corrected chi connectivity index (χ1v) is 4.21. The van der Waals surface area contributed by atoms with Gasteiger partial charge in [-0.25, -0.2) is 9.78 Å². The summed E-state index contributed by atoms with van der Waals surface area (Å²) in [5, 5.41) is 18.1. The predicted octanol–water partition coefficient (Wildman–Crippen LogP) is -0.487. The van der Waals surface area contributed by atoms with Gasteiger partial charge in [-0.3, -0.25) is 0 Å². The zero-order valence-electron chi connectivity index (χ0n) is 7.33. The third-order valence-corrected chi connectivity index (χ3v) is 2.22. The van der Waals surface area contributed by atoms with Crippen molar-refractivity contribution in [2.75, 3.05) is 13.2 Å². The fraction of sp³-hybridized carbons (Fsp3) is 0.500. The second-order valence-electron chi connectivity index (χ2n) is 3.18.